The zero-order valence-corrected chi connectivity index (χ0v) is 16.8. The van der Waals surface area contributed by atoms with Crippen LogP contribution in [0.3, 0.4) is 0 Å². The van der Waals surface area contributed by atoms with E-state index >= 15 is 0 Å². The quantitative estimate of drug-likeness (QED) is 0.319. The number of anilines is 1. The number of nitrogens with zero attached hydrogens (tertiary/aromatic N) is 1. The Labute approximate surface area is 169 Å². The van der Waals surface area contributed by atoms with Crippen molar-refractivity contribution in [3.8, 4) is 0 Å². The minimum Gasteiger partial charge on any atom is -0.449 e. The highest BCUT2D eigenvalue weighted by atomic mass is 16.6. The molecular weight excluding hydrogens is 372 g/mol. The molecule has 29 heavy (non-hydrogen) atoms. The van der Waals surface area contributed by atoms with Crippen LogP contribution in [-0.2, 0) is 14.3 Å². The number of amides is 1. The first kappa shape index (κ1) is 21.8. The molecule has 1 N–H and O–H groups in total. The standard InChI is InChI=1S/C22H24N2O5/c1-14(2)19-10-5-7-15(3)21(19)23-22(26)16(4)29-20(25)12-11-17-8-6-9-18(13-17)24(27)28/h5-14,16H,1-4H3,(H,23,26)/b12-11+/t16-/m0/s1. The van der Waals surface area contributed by atoms with Crippen molar-refractivity contribution in [3.05, 3.63) is 75.3 Å². The molecule has 0 unspecified atom stereocenters. The second-order valence-electron chi connectivity index (χ2n) is 6.95. The first-order valence-corrected chi connectivity index (χ1v) is 9.22. The Kier molecular flexibility index (Phi) is 7.25. The van der Waals surface area contributed by atoms with Crippen LogP contribution in [0.4, 0.5) is 11.4 Å². The van der Waals surface area contributed by atoms with Crippen LogP contribution >= 0.6 is 0 Å². The number of carbonyl (C=O) groups is 2. The smallest absolute Gasteiger partial charge is 0.331 e. The summed E-state index contributed by atoms with van der Waals surface area (Å²) < 4.78 is 5.15. The van der Waals surface area contributed by atoms with Gasteiger partial charge < -0.3 is 10.1 Å². The first-order chi connectivity index (χ1) is 13.7. The summed E-state index contributed by atoms with van der Waals surface area (Å²) in [5, 5.41) is 13.6. The molecule has 152 valence electrons. The van der Waals surface area contributed by atoms with Crippen molar-refractivity contribution in [3.63, 3.8) is 0 Å². The van der Waals surface area contributed by atoms with E-state index in [1.165, 1.54) is 31.2 Å². The lowest BCUT2D eigenvalue weighted by Gasteiger charge is -2.18. The zero-order chi connectivity index (χ0) is 21.6. The predicted octanol–water partition coefficient (Wildman–Crippen LogP) is 4.61. The minimum atomic E-state index is -1.00. The van der Waals surface area contributed by atoms with Crippen LogP contribution in [0, 0.1) is 17.0 Å². The lowest BCUT2D eigenvalue weighted by Crippen LogP contribution is -2.30. The fourth-order valence-electron chi connectivity index (χ4n) is 2.74. The number of non-ortho nitro benzene ring substituents is 1. The van der Waals surface area contributed by atoms with Gasteiger partial charge in [0.15, 0.2) is 6.10 Å². The maximum Gasteiger partial charge on any atom is 0.331 e. The topological polar surface area (TPSA) is 98.5 Å². The third-order valence-corrected chi connectivity index (χ3v) is 4.33. The monoisotopic (exact) mass is 396 g/mol. The Balaban J connectivity index is 2.02. The van der Waals surface area contributed by atoms with Gasteiger partial charge in [0.25, 0.3) is 11.6 Å². The van der Waals surface area contributed by atoms with E-state index < -0.39 is 22.9 Å². The van der Waals surface area contributed by atoms with Crippen LogP contribution < -0.4 is 5.32 Å². The van der Waals surface area contributed by atoms with Crippen molar-refractivity contribution in [2.45, 2.75) is 39.7 Å². The Bertz CT molecular complexity index is 950. The average Bonchev–Trinajstić information content (AvgIpc) is 2.67. The molecule has 0 aliphatic heterocycles. The van der Waals surface area contributed by atoms with E-state index in [0.717, 1.165) is 22.9 Å². The van der Waals surface area contributed by atoms with Crippen LogP contribution in [0.5, 0.6) is 0 Å². The summed E-state index contributed by atoms with van der Waals surface area (Å²) in [7, 11) is 0. The molecule has 7 nitrogen and oxygen atoms in total. The number of nitro benzene ring substituents is 1. The fraction of sp³-hybridized carbons (Fsp3) is 0.273. The molecule has 0 aliphatic carbocycles. The molecule has 0 fully saturated rings. The summed E-state index contributed by atoms with van der Waals surface area (Å²) in [4.78, 5) is 34.8. The van der Waals surface area contributed by atoms with Crippen molar-refractivity contribution >= 4 is 29.3 Å². The van der Waals surface area contributed by atoms with Gasteiger partial charge in [-0.05, 0) is 42.5 Å². The SMILES string of the molecule is Cc1cccc(C(C)C)c1NC(=O)[C@H](C)OC(=O)/C=C/c1cccc([N+](=O)[O-])c1. The molecule has 2 rings (SSSR count). The predicted molar refractivity (Wildman–Crippen MR) is 112 cm³/mol. The second kappa shape index (κ2) is 9.64. The number of aryl methyl sites for hydroxylation is 1. The van der Waals surface area contributed by atoms with Gasteiger partial charge in [-0.2, -0.15) is 0 Å². The van der Waals surface area contributed by atoms with E-state index in [1.807, 2.05) is 39.0 Å². The van der Waals surface area contributed by atoms with Gasteiger partial charge in [0, 0.05) is 23.9 Å². The van der Waals surface area contributed by atoms with E-state index in [2.05, 4.69) is 5.32 Å². The van der Waals surface area contributed by atoms with E-state index in [4.69, 9.17) is 4.74 Å². The summed E-state index contributed by atoms with van der Waals surface area (Å²) in [6.07, 6.45) is 1.53. The van der Waals surface area contributed by atoms with E-state index in [-0.39, 0.29) is 11.6 Å². The number of carbonyl (C=O) groups excluding carboxylic acids is 2. The molecule has 0 aliphatic rings. The number of hydrogen-bond donors (Lipinski definition) is 1. The number of para-hydroxylation sites is 1. The van der Waals surface area contributed by atoms with E-state index in [0.29, 0.717) is 5.56 Å². The number of benzene rings is 2. The fourth-order valence-corrected chi connectivity index (χ4v) is 2.74. The first-order valence-electron chi connectivity index (χ1n) is 9.22. The van der Waals surface area contributed by atoms with Crippen LogP contribution in [-0.4, -0.2) is 22.9 Å². The number of nitro groups is 1. The number of nitrogens with one attached hydrogen (secondary N) is 1. The highest BCUT2D eigenvalue weighted by Crippen LogP contribution is 2.27. The molecule has 0 spiro atoms. The molecule has 0 aromatic heterocycles. The molecule has 2 aromatic rings. The summed E-state index contributed by atoms with van der Waals surface area (Å²) in [6.45, 7) is 7.46. The Morgan fingerprint density at radius 3 is 2.48 bits per heavy atom. The number of rotatable bonds is 7. The molecule has 1 amide bonds. The highest BCUT2D eigenvalue weighted by Gasteiger charge is 2.19. The minimum absolute atomic E-state index is 0.0764. The van der Waals surface area contributed by atoms with Gasteiger partial charge in [-0.25, -0.2) is 4.79 Å². The summed E-state index contributed by atoms with van der Waals surface area (Å²) in [6, 6.07) is 11.6. The molecule has 0 radical (unpaired) electrons. The Hall–Kier alpha value is -3.48. The van der Waals surface area contributed by atoms with Crippen LogP contribution in [0.2, 0.25) is 0 Å². The van der Waals surface area contributed by atoms with Crippen molar-refractivity contribution in [1.29, 1.82) is 0 Å². The molecule has 0 saturated heterocycles. The van der Waals surface area contributed by atoms with E-state index in [1.54, 1.807) is 6.07 Å². The number of hydrogen-bond acceptors (Lipinski definition) is 5. The Morgan fingerprint density at radius 1 is 1.14 bits per heavy atom. The molecule has 0 saturated carbocycles. The van der Waals surface area contributed by atoms with Crippen molar-refractivity contribution < 1.29 is 19.2 Å². The molecule has 0 heterocycles. The van der Waals surface area contributed by atoms with Gasteiger partial charge in [-0.1, -0.05) is 44.2 Å². The van der Waals surface area contributed by atoms with Gasteiger partial charge >= 0.3 is 5.97 Å². The molecule has 1 atom stereocenters. The lowest BCUT2D eigenvalue weighted by molar-refractivity contribution is -0.384. The lowest BCUT2D eigenvalue weighted by atomic mass is 9.98. The van der Waals surface area contributed by atoms with Crippen molar-refractivity contribution in [2.75, 3.05) is 5.32 Å². The largest absolute Gasteiger partial charge is 0.449 e. The molecule has 7 heteroatoms. The number of ether oxygens (including phenoxy) is 1. The number of esters is 1. The van der Waals surface area contributed by atoms with Crippen LogP contribution in [0.1, 0.15) is 43.4 Å². The van der Waals surface area contributed by atoms with Gasteiger partial charge in [0.1, 0.15) is 0 Å². The van der Waals surface area contributed by atoms with Gasteiger partial charge in [0.05, 0.1) is 4.92 Å². The van der Waals surface area contributed by atoms with Crippen molar-refractivity contribution in [2.24, 2.45) is 0 Å². The van der Waals surface area contributed by atoms with E-state index in [9.17, 15) is 19.7 Å². The summed E-state index contributed by atoms with van der Waals surface area (Å²) in [5.74, 6) is -0.924. The van der Waals surface area contributed by atoms with Crippen molar-refractivity contribution in [1.82, 2.24) is 0 Å². The molecule has 2 aromatic carbocycles. The van der Waals surface area contributed by atoms with Gasteiger partial charge in [-0.3, -0.25) is 14.9 Å². The Morgan fingerprint density at radius 2 is 1.83 bits per heavy atom. The second-order valence-corrected chi connectivity index (χ2v) is 6.95. The molecular formula is C22H24N2O5. The maximum absolute atomic E-state index is 12.5. The average molecular weight is 396 g/mol. The highest BCUT2D eigenvalue weighted by molar-refractivity contribution is 5.97. The third-order valence-electron chi connectivity index (χ3n) is 4.33. The van der Waals surface area contributed by atoms with Gasteiger partial charge in [-0.15, -0.1) is 0 Å². The maximum atomic E-state index is 12.5. The summed E-state index contributed by atoms with van der Waals surface area (Å²) in [5.41, 5.74) is 3.06. The normalized spacial score (nSPS) is 12.0. The third kappa shape index (κ3) is 6.00. The van der Waals surface area contributed by atoms with Crippen LogP contribution in [0.15, 0.2) is 48.5 Å². The van der Waals surface area contributed by atoms with Gasteiger partial charge in [0.2, 0.25) is 0 Å². The van der Waals surface area contributed by atoms with Crippen LogP contribution in [0.25, 0.3) is 6.08 Å². The molecule has 0 bridgehead atoms. The summed E-state index contributed by atoms with van der Waals surface area (Å²) >= 11 is 0. The zero-order valence-electron chi connectivity index (χ0n) is 16.8.